The molecule has 0 unspecified atom stereocenters. The van der Waals surface area contributed by atoms with Gasteiger partial charge in [-0.05, 0) is 0 Å². The molecule has 0 aliphatic carbocycles. The molecule has 1 N–H and O–H groups in total. The lowest BCUT2D eigenvalue weighted by Crippen LogP contribution is -1.88. The SMILES string of the molecule is Cn1cncc1-c1c[nH]nn1. The number of nitrogens with zero attached hydrogens (tertiary/aromatic N) is 4. The molecule has 11 heavy (non-hydrogen) atoms. The van der Waals surface area contributed by atoms with Crippen molar-refractivity contribution < 1.29 is 0 Å². The van der Waals surface area contributed by atoms with Gasteiger partial charge in [0.25, 0.3) is 0 Å². The van der Waals surface area contributed by atoms with Crippen molar-refractivity contribution in [3.05, 3.63) is 18.7 Å². The van der Waals surface area contributed by atoms with Gasteiger partial charge in [0.1, 0.15) is 5.69 Å². The molecule has 2 heterocycles. The van der Waals surface area contributed by atoms with Gasteiger partial charge in [0, 0.05) is 7.05 Å². The maximum Gasteiger partial charge on any atom is 0.130 e. The normalized spacial score (nSPS) is 10.3. The quantitative estimate of drug-likeness (QED) is 0.630. The van der Waals surface area contributed by atoms with Crippen molar-refractivity contribution in [1.82, 2.24) is 25.0 Å². The third kappa shape index (κ3) is 0.899. The fourth-order valence-corrected chi connectivity index (χ4v) is 0.931. The molecule has 5 nitrogen and oxygen atoms in total. The second-order valence-corrected chi connectivity index (χ2v) is 2.25. The van der Waals surface area contributed by atoms with Crippen molar-refractivity contribution in [3.63, 3.8) is 0 Å². The van der Waals surface area contributed by atoms with Crippen LogP contribution < -0.4 is 0 Å². The molecule has 2 aromatic rings. The number of aromatic amines is 1. The lowest BCUT2D eigenvalue weighted by Gasteiger charge is -1.93. The van der Waals surface area contributed by atoms with E-state index in [1.165, 1.54) is 0 Å². The highest BCUT2D eigenvalue weighted by molar-refractivity contribution is 5.50. The Morgan fingerprint density at radius 2 is 2.45 bits per heavy atom. The molecule has 56 valence electrons. The molecular weight excluding hydrogens is 142 g/mol. The minimum Gasteiger partial charge on any atom is -0.332 e. The predicted molar refractivity (Wildman–Crippen MR) is 38.6 cm³/mol. The van der Waals surface area contributed by atoms with E-state index in [1.54, 1.807) is 18.7 Å². The van der Waals surface area contributed by atoms with Crippen LogP contribution in [-0.4, -0.2) is 25.0 Å². The number of aryl methyl sites for hydroxylation is 1. The zero-order chi connectivity index (χ0) is 7.68. The van der Waals surface area contributed by atoms with Crippen molar-refractivity contribution in [3.8, 4) is 11.4 Å². The lowest BCUT2D eigenvalue weighted by molar-refractivity contribution is 0.905. The zero-order valence-corrected chi connectivity index (χ0v) is 6.02. The topological polar surface area (TPSA) is 59.4 Å². The zero-order valence-electron chi connectivity index (χ0n) is 6.02. The van der Waals surface area contributed by atoms with Crippen molar-refractivity contribution >= 4 is 0 Å². The highest BCUT2D eigenvalue weighted by Crippen LogP contribution is 2.11. The molecule has 0 saturated carbocycles. The summed E-state index contributed by atoms with van der Waals surface area (Å²) in [5, 5.41) is 10.1. The number of nitrogens with one attached hydrogen (secondary N) is 1. The molecule has 0 aromatic carbocycles. The van der Waals surface area contributed by atoms with E-state index >= 15 is 0 Å². The molecule has 0 aliphatic rings. The van der Waals surface area contributed by atoms with Crippen LogP contribution in [-0.2, 0) is 7.05 Å². The molecular formula is C6H7N5. The molecule has 0 amide bonds. The molecule has 0 atom stereocenters. The predicted octanol–water partition coefficient (Wildman–Crippen LogP) is 0.205. The number of aromatic nitrogens is 5. The Kier molecular flexibility index (Phi) is 1.21. The van der Waals surface area contributed by atoms with E-state index < -0.39 is 0 Å². The van der Waals surface area contributed by atoms with Gasteiger partial charge in [-0.25, -0.2) is 4.98 Å². The van der Waals surface area contributed by atoms with E-state index in [9.17, 15) is 0 Å². The molecule has 0 aliphatic heterocycles. The fourth-order valence-electron chi connectivity index (χ4n) is 0.931. The second-order valence-electron chi connectivity index (χ2n) is 2.25. The van der Waals surface area contributed by atoms with Crippen LogP contribution in [0.1, 0.15) is 0 Å². The highest BCUT2D eigenvalue weighted by atomic mass is 15.3. The van der Waals surface area contributed by atoms with Crippen LogP contribution >= 0.6 is 0 Å². The molecule has 2 rings (SSSR count). The first kappa shape index (κ1) is 6.09. The van der Waals surface area contributed by atoms with Gasteiger partial charge in [0.15, 0.2) is 0 Å². The summed E-state index contributed by atoms with van der Waals surface area (Å²) in [4.78, 5) is 3.96. The van der Waals surface area contributed by atoms with Crippen LogP contribution in [0.3, 0.4) is 0 Å². The van der Waals surface area contributed by atoms with Crippen molar-refractivity contribution in [2.45, 2.75) is 0 Å². The Hall–Kier alpha value is -1.65. The summed E-state index contributed by atoms with van der Waals surface area (Å²) >= 11 is 0. The Labute approximate surface area is 63.1 Å². The van der Waals surface area contributed by atoms with Crippen LogP contribution in [0.2, 0.25) is 0 Å². The van der Waals surface area contributed by atoms with Gasteiger partial charge in [-0.2, -0.15) is 0 Å². The van der Waals surface area contributed by atoms with E-state index in [1.807, 2.05) is 11.6 Å². The average molecular weight is 149 g/mol. The number of hydrogen-bond acceptors (Lipinski definition) is 3. The van der Waals surface area contributed by atoms with Gasteiger partial charge in [0.05, 0.1) is 24.4 Å². The summed E-state index contributed by atoms with van der Waals surface area (Å²) < 4.78 is 1.89. The molecule has 0 saturated heterocycles. The summed E-state index contributed by atoms with van der Waals surface area (Å²) in [6.07, 6.45) is 5.21. The van der Waals surface area contributed by atoms with E-state index in [-0.39, 0.29) is 0 Å². The first-order valence-corrected chi connectivity index (χ1v) is 3.21. The van der Waals surface area contributed by atoms with Crippen LogP contribution in [0.5, 0.6) is 0 Å². The Balaban J connectivity index is 2.53. The number of hydrogen-bond donors (Lipinski definition) is 1. The van der Waals surface area contributed by atoms with Gasteiger partial charge in [-0.1, -0.05) is 5.21 Å². The third-order valence-corrected chi connectivity index (χ3v) is 1.50. The lowest BCUT2D eigenvalue weighted by atomic mass is 10.4. The maximum atomic E-state index is 3.96. The van der Waals surface area contributed by atoms with Crippen molar-refractivity contribution in [2.24, 2.45) is 7.05 Å². The molecule has 0 radical (unpaired) electrons. The largest absolute Gasteiger partial charge is 0.332 e. The summed E-state index contributed by atoms with van der Waals surface area (Å²) in [6, 6.07) is 0. The molecule has 0 fully saturated rings. The highest BCUT2D eigenvalue weighted by Gasteiger charge is 2.03. The molecule has 0 bridgehead atoms. The second kappa shape index (κ2) is 2.19. The van der Waals surface area contributed by atoms with Gasteiger partial charge >= 0.3 is 0 Å². The minimum atomic E-state index is 0.810. The fraction of sp³-hybridized carbons (Fsp3) is 0.167. The molecule has 2 aromatic heterocycles. The monoisotopic (exact) mass is 149 g/mol. The third-order valence-electron chi connectivity index (χ3n) is 1.50. The van der Waals surface area contributed by atoms with Crippen LogP contribution in [0, 0.1) is 0 Å². The van der Waals surface area contributed by atoms with E-state index in [0.717, 1.165) is 11.4 Å². The van der Waals surface area contributed by atoms with Gasteiger partial charge in [-0.3, -0.25) is 5.10 Å². The Morgan fingerprint density at radius 3 is 3.00 bits per heavy atom. The first-order chi connectivity index (χ1) is 5.38. The van der Waals surface area contributed by atoms with Crippen LogP contribution in [0.25, 0.3) is 11.4 Å². The summed E-state index contributed by atoms with van der Waals surface area (Å²) in [7, 11) is 1.91. The van der Waals surface area contributed by atoms with Crippen molar-refractivity contribution in [2.75, 3.05) is 0 Å². The van der Waals surface area contributed by atoms with Crippen LogP contribution in [0.15, 0.2) is 18.7 Å². The first-order valence-electron chi connectivity index (χ1n) is 3.21. The van der Waals surface area contributed by atoms with Gasteiger partial charge in [-0.15, -0.1) is 5.10 Å². The van der Waals surface area contributed by atoms with Crippen LogP contribution in [0.4, 0.5) is 0 Å². The smallest absolute Gasteiger partial charge is 0.130 e. The van der Waals surface area contributed by atoms with E-state index in [0.29, 0.717) is 0 Å². The van der Waals surface area contributed by atoms with Gasteiger partial charge in [0.2, 0.25) is 0 Å². The number of H-pyrrole nitrogens is 1. The standard InChI is InChI=1S/C6H7N5/c1-11-4-7-3-6(11)5-2-8-10-9-5/h2-4H,1H3,(H,8,9,10). The Bertz CT molecular complexity index is 333. The van der Waals surface area contributed by atoms with E-state index in [4.69, 9.17) is 0 Å². The van der Waals surface area contributed by atoms with Crippen molar-refractivity contribution in [1.29, 1.82) is 0 Å². The summed E-state index contributed by atoms with van der Waals surface area (Å²) in [5.74, 6) is 0. The minimum absolute atomic E-state index is 0.810. The summed E-state index contributed by atoms with van der Waals surface area (Å²) in [6.45, 7) is 0. The average Bonchev–Trinajstić information content (AvgIpc) is 2.55. The summed E-state index contributed by atoms with van der Waals surface area (Å²) in [5.41, 5.74) is 1.77. The number of rotatable bonds is 1. The van der Waals surface area contributed by atoms with Gasteiger partial charge < -0.3 is 4.57 Å². The number of imidazole rings is 1. The van der Waals surface area contributed by atoms with E-state index in [2.05, 4.69) is 20.4 Å². The Morgan fingerprint density at radius 1 is 1.55 bits per heavy atom. The molecule has 0 spiro atoms. The molecule has 5 heteroatoms. The maximum absolute atomic E-state index is 3.96.